The van der Waals surface area contributed by atoms with Crippen molar-refractivity contribution in [1.82, 2.24) is 19.8 Å². The number of nitrogens with zero attached hydrogens (tertiary/aromatic N) is 3. The molecule has 3 aliphatic rings. The van der Waals surface area contributed by atoms with Gasteiger partial charge in [-0.2, -0.15) is 0 Å². The Hall–Kier alpha value is -2.47. The number of fused-ring (bicyclic) bond motifs is 1. The molecular weight excluding hydrogens is 400 g/mol. The van der Waals surface area contributed by atoms with Crippen molar-refractivity contribution in [1.29, 1.82) is 0 Å². The second-order valence-corrected chi connectivity index (χ2v) is 10.0. The van der Waals surface area contributed by atoms with Gasteiger partial charge >= 0.3 is 0 Å². The number of amides is 1. The monoisotopic (exact) mass is 434 g/mol. The number of rotatable bonds is 3. The lowest BCUT2D eigenvalue weighted by atomic mass is 9.86. The van der Waals surface area contributed by atoms with Crippen molar-refractivity contribution >= 4 is 5.91 Å². The maximum absolute atomic E-state index is 13.2. The maximum atomic E-state index is 13.2. The Morgan fingerprint density at radius 2 is 1.81 bits per heavy atom. The minimum absolute atomic E-state index is 0.0190. The molecule has 2 aliphatic heterocycles. The van der Waals surface area contributed by atoms with Gasteiger partial charge in [-0.15, -0.1) is 0 Å². The SMILES string of the molecule is Cc1ccc(C(=O)N2CCC[C@@H]2c2nc3c(c(=O)[nH]2)CN(C2CCC(C)CC2)CC3)cc1. The van der Waals surface area contributed by atoms with Gasteiger partial charge in [0.15, 0.2) is 0 Å². The standard InChI is InChI=1S/C26H34N4O2/c1-17-5-9-19(10-6-17)26(32)30-14-3-4-23(30)24-27-22-13-15-29(16-21(22)25(31)28-24)20-11-7-18(2)8-12-20/h5-6,9-10,18,20,23H,3-4,7-8,11-16H2,1-2H3,(H,27,28,31)/t18?,20?,23-/m1/s1. The maximum Gasteiger partial charge on any atom is 0.255 e. The molecule has 1 amide bonds. The third kappa shape index (κ3) is 4.13. The van der Waals surface area contributed by atoms with Gasteiger partial charge in [-0.3, -0.25) is 14.5 Å². The Balaban J connectivity index is 1.35. The molecule has 2 fully saturated rings. The van der Waals surface area contributed by atoms with E-state index in [2.05, 4.69) is 16.8 Å². The number of hydrogen-bond donors (Lipinski definition) is 1. The number of benzene rings is 1. The summed E-state index contributed by atoms with van der Waals surface area (Å²) in [7, 11) is 0. The molecule has 1 saturated heterocycles. The predicted octanol–water partition coefficient (Wildman–Crippen LogP) is 3.99. The molecule has 1 N–H and O–H groups in total. The molecule has 1 aromatic heterocycles. The zero-order valence-electron chi connectivity index (χ0n) is 19.3. The van der Waals surface area contributed by atoms with Crippen LogP contribution >= 0.6 is 0 Å². The number of carbonyl (C=O) groups is 1. The summed E-state index contributed by atoms with van der Waals surface area (Å²) in [4.78, 5) is 38.6. The smallest absolute Gasteiger partial charge is 0.255 e. The molecule has 1 atom stereocenters. The molecule has 170 valence electrons. The van der Waals surface area contributed by atoms with Crippen molar-refractivity contribution in [2.75, 3.05) is 13.1 Å². The lowest BCUT2D eigenvalue weighted by Gasteiger charge is -2.38. The molecule has 0 bridgehead atoms. The zero-order chi connectivity index (χ0) is 22.2. The quantitative estimate of drug-likeness (QED) is 0.793. The van der Waals surface area contributed by atoms with Gasteiger partial charge in [0.25, 0.3) is 11.5 Å². The van der Waals surface area contributed by atoms with Crippen molar-refractivity contribution in [2.45, 2.75) is 77.4 Å². The molecule has 1 aliphatic carbocycles. The highest BCUT2D eigenvalue weighted by Gasteiger charge is 2.34. The first-order valence-corrected chi connectivity index (χ1v) is 12.2. The predicted molar refractivity (Wildman–Crippen MR) is 125 cm³/mol. The Labute approximate surface area is 190 Å². The largest absolute Gasteiger partial charge is 0.328 e. The number of nitrogens with one attached hydrogen (secondary N) is 1. The Kier molecular flexibility index (Phi) is 5.89. The van der Waals surface area contributed by atoms with Gasteiger partial charge in [-0.25, -0.2) is 4.98 Å². The van der Waals surface area contributed by atoms with Crippen LogP contribution in [0.3, 0.4) is 0 Å². The van der Waals surface area contributed by atoms with Crippen LogP contribution in [0.15, 0.2) is 29.1 Å². The van der Waals surface area contributed by atoms with Gasteiger partial charge in [0.2, 0.25) is 0 Å². The highest BCUT2D eigenvalue weighted by atomic mass is 16.2. The van der Waals surface area contributed by atoms with Gasteiger partial charge < -0.3 is 9.88 Å². The second kappa shape index (κ2) is 8.81. The molecule has 0 radical (unpaired) electrons. The minimum Gasteiger partial charge on any atom is -0.328 e. The molecule has 0 spiro atoms. The van der Waals surface area contributed by atoms with Crippen LogP contribution in [0.25, 0.3) is 0 Å². The van der Waals surface area contributed by atoms with Crippen LogP contribution in [0.1, 0.15) is 84.5 Å². The molecule has 1 aromatic carbocycles. The zero-order valence-corrected chi connectivity index (χ0v) is 19.3. The fourth-order valence-corrected chi connectivity index (χ4v) is 5.70. The van der Waals surface area contributed by atoms with E-state index in [0.29, 0.717) is 30.5 Å². The fraction of sp³-hybridized carbons (Fsp3) is 0.577. The highest BCUT2D eigenvalue weighted by molar-refractivity contribution is 5.94. The molecule has 3 heterocycles. The number of aryl methyl sites for hydroxylation is 1. The number of carbonyl (C=O) groups excluding carboxylic acids is 1. The Morgan fingerprint density at radius 1 is 1.06 bits per heavy atom. The van der Waals surface area contributed by atoms with Gasteiger partial charge in [-0.05, 0) is 63.5 Å². The van der Waals surface area contributed by atoms with Crippen LogP contribution in [0.2, 0.25) is 0 Å². The van der Waals surface area contributed by atoms with E-state index in [9.17, 15) is 9.59 Å². The molecule has 5 rings (SSSR count). The summed E-state index contributed by atoms with van der Waals surface area (Å²) in [6.45, 7) is 6.73. The molecule has 6 heteroatoms. The van der Waals surface area contributed by atoms with E-state index in [0.717, 1.165) is 48.5 Å². The lowest BCUT2D eigenvalue weighted by molar-refractivity contribution is 0.0729. The van der Waals surface area contributed by atoms with Crippen molar-refractivity contribution < 1.29 is 4.79 Å². The molecular formula is C26H34N4O2. The summed E-state index contributed by atoms with van der Waals surface area (Å²) in [6.07, 6.45) is 7.62. The number of aromatic nitrogens is 2. The van der Waals surface area contributed by atoms with E-state index >= 15 is 0 Å². The summed E-state index contributed by atoms with van der Waals surface area (Å²) in [5, 5.41) is 0. The van der Waals surface area contributed by atoms with Gasteiger partial charge in [0.1, 0.15) is 5.82 Å². The van der Waals surface area contributed by atoms with Crippen molar-refractivity contribution in [3.63, 3.8) is 0 Å². The van der Waals surface area contributed by atoms with E-state index in [1.807, 2.05) is 36.1 Å². The third-order valence-electron chi connectivity index (χ3n) is 7.75. The fourth-order valence-electron chi connectivity index (χ4n) is 5.70. The molecule has 6 nitrogen and oxygen atoms in total. The molecule has 1 saturated carbocycles. The molecule has 2 aromatic rings. The van der Waals surface area contributed by atoms with Crippen molar-refractivity contribution in [2.24, 2.45) is 5.92 Å². The minimum atomic E-state index is -0.153. The Bertz CT molecular complexity index is 1040. The van der Waals surface area contributed by atoms with Crippen LogP contribution in [0, 0.1) is 12.8 Å². The van der Waals surface area contributed by atoms with E-state index in [1.165, 1.54) is 25.7 Å². The highest BCUT2D eigenvalue weighted by Crippen LogP contribution is 2.33. The van der Waals surface area contributed by atoms with Crippen molar-refractivity contribution in [3.8, 4) is 0 Å². The average Bonchev–Trinajstić information content (AvgIpc) is 3.29. The number of aromatic amines is 1. The van der Waals surface area contributed by atoms with Crippen LogP contribution < -0.4 is 5.56 Å². The summed E-state index contributed by atoms with van der Waals surface area (Å²) in [6, 6.07) is 8.15. The number of H-pyrrole nitrogens is 1. The van der Waals surface area contributed by atoms with Crippen LogP contribution in [-0.2, 0) is 13.0 Å². The van der Waals surface area contributed by atoms with Crippen LogP contribution in [-0.4, -0.2) is 44.8 Å². The number of likely N-dealkylation sites (tertiary alicyclic amines) is 1. The Morgan fingerprint density at radius 3 is 2.56 bits per heavy atom. The van der Waals surface area contributed by atoms with Crippen molar-refractivity contribution in [3.05, 3.63) is 62.8 Å². The van der Waals surface area contributed by atoms with Gasteiger partial charge in [0, 0.05) is 37.7 Å². The first-order chi connectivity index (χ1) is 15.5. The van der Waals surface area contributed by atoms with E-state index in [-0.39, 0.29) is 17.5 Å². The molecule has 32 heavy (non-hydrogen) atoms. The average molecular weight is 435 g/mol. The summed E-state index contributed by atoms with van der Waals surface area (Å²) < 4.78 is 0. The van der Waals surface area contributed by atoms with E-state index in [1.54, 1.807) is 0 Å². The topological polar surface area (TPSA) is 69.3 Å². The van der Waals surface area contributed by atoms with Gasteiger partial charge in [0.05, 0.1) is 17.3 Å². The van der Waals surface area contributed by atoms with E-state index < -0.39 is 0 Å². The van der Waals surface area contributed by atoms with Gasteiger partial charge in [-0.1, -0.05) is 24.6 Å². The summed E-state index contributed by atoms with van der Waals surface area (Å²) in [5.41, 5.74) is 3.57. The summed E-state index contributed by atoms with van der Waals surface area (Å²) in [5.74, 6) is 1.50. The first-order valence-electron chi connectivity index (χ1n) is 12.2. The lowest BCUT2D eigenvalue weighted by Crippen LogP contribution is -2.44. The third-order valence-corrected chi connectivity index (χ3v) is 7.75. The molecule has 0 unspecified atom stereocenters. The summed E-state index contributed by atoms with van der Waals surface area (Å²) >= 11 is 0. The van der Waals surface area contributed by atoms with E-state index in [4.69, 9.17) is 4.98 Å². The first kappa shape index (κ1) is 21.4. The van der Waals surface area contributed by atoms with Crippen LogP contribution in [0.5, 0.6) is 0 Å². The second-order valence-electron chi connectivity index (χ2n) is 10.0. The van der Waals surface area contributed by atoms with Crippen LogP contribution in [0.4, 0.5) is 0 Å². The number of hydrogen-bond acceptors (Lipinski definition) is 4. The normalized spacial score (nSPS) is 26.2.